The highest BCUT2D eigenvalue weighted by molar-refractivity contribution is 6.02. The number of benzene rings is 2. The molecule has 6 atom stereocenters. The van der Waals surface area contributed by atoms with E-state index in [0.29, 0.717) is 59.2 Å². The number of nitrogens with one attached hydrogen (secondary N) is 1. The second-order valence-electron chi connectivity index (χ2n) is 14.3. The fraction of sp³-hybridized carbons (Fsp3) is 0.486. The fourth-order valence-corrected chi connectivity index (χ4v) is 9.70. The van der Waals surface area contributed by atoms with Crippen molar-refractivity contribution >= 4 is 21.7 Å². The number of fused-ring (bicyclic) bond motifs is 7. The van der Waals surface area contributed by atoms with Gasteiger partial charge < -0.3 is 15.2 Å². The number of rotatable bonds is 4. The van der Waals surface area contributed by atoms with Crippen LogP contribution >= 0.6 is 0 Å². The second-order valence-corrected chi connectivity index (χ2v) is 14.3. The molecule has 4 saturated heterocycles. The minimum Gasteiger partial charge on any atom is -0.508 e. The zero-order valence-electron chi connectivity index (χ0n) is 26.0. The molecule has 242 valence electrons. The maximum atomic E-state index is 17.2. The van der Waals surface area contributed by atoms with E-state index in [1.807, 2.05) is 0 Å². The third kappa shape index (κ3) is 4.53. The van der Waals surface area contributed by atoms with Crippen molar-refractivity contribution in [2.75, 3.05) is 19.7 Å². The number of halogens is 3. The van der Waals surface area contributed by atoms with Crippen LogP contribution < -0.4 is 10.1 Å². The number of aromatic hydroxyl groups is 1. The largest absolute Gasteiger partial charge is 0.508 e. The average Bonchev–Trinajstić information content (AvgIpc) is 3.72. The van der Waals surface area contributed by atoms with E-state index in [-0.39, 0.29) is 46.6 Å². The van der Waals surface area contributed by atoms with Crippen LogP contribution in [0.3, 0.4) is 0 Å². The smallest absolute Gasteiger partial charge is 0.317 e. The molecule has 1 unspecified atom stereocenters. The third-order valence-corrected chi connectivity index (χ3v) is 11.7. The van der Waals surface area contributed by atoms with Crippen LogP contribution in [0.25, 0.3) is 32.9 Å². The van der Waals surface area contributed by atoms with E-state index in [2.05, 4.69) is 16.1 Å². The second kappa shape index (κ2) is 10.8. The molecule has 0 saturated carbocycles. The maximum absolute atomic E-state index is 17.2. The Hall–Kier alpha value is -3.94. The van der Waals surface area contributed by atoms with E-state index >= 15 is 4.39 Å². The lowest BCUT2D eigenvalue weighted by molar-refractivity contribution is 0.107. The zero-order chi connectivity index (χ0) is 32.0. The van der Waals surface area contributed by atoms with Crippen LogP contribution in [0.15, 0.2) is 24.3 Å². The van der Waals surface area contributed by atoms with E-state index in [9.17, 15) is 13.9 Å². The molecule has 2 aromatic heterocycles. The zero-order valence-corrected chi connectivity index (χ0v) is 26.0. The predicted octanol–water partition coefficient (Wildman–Crippen LogP) is 6.33. The summed E-state index contributed by atoms with van der Waals surface area (Å²) in [6.45, 7) is 1.46. The van der Waals surface area contributed by atoms with Gasteiger partial charge in [0.25, 0.3) is 0 Å². The SMILES string of the molecule is C#Cc1c(F)ccc2cc(O)cc(-c3nc4c5c(nc(OC[C@@]67CCCN6C[C@H](F)C7)nc5c3F)C3C[C@H]5CC[C@H](N5)[C@H]3CCC4)c12. The normalized spacial score (nSPS) is 29.8. The van der Waals surface area contributed by atoms with Crippen LogP contribution in [0.5, 0.6) is 11.8 Å². The van der Waals surface area contributed by atoms with Gasteiger partial charge in [0.05, 0.1) is 22.5 Å². The molecule has 10 heteroatoms. The van der Waals surface area contributed by atoms with Gasteiger partial charge in [-0.2, -0.15) is 9.97 Å². The van der Waals surface area contributed by atoms with Crippen molar-refractivity contribution in [1.29, 1.82) is 0 Å². The summed E-state index contributed by atoms with van der Waals surface area (Å²) in [5, 5.41) is 15.9. The highest BCUT2D eigenvalue weighted by Gasteiger charge is 2.50. The molecule has 2 N–H and O–H groups in total. The Kier molecular flexibility index (Phi) is 6.71. The fourth-order valence-electron chi connectivity index (χ4n) is 9.70. The van der Waals surface area contributed by atoms with Gasteiger partial charge in [0.2, 0.25) is 0 Å². The number of phenols is 1. The molecule has 0 spiro atoms. The lowest BCUT2D eigenvalue weighted by Gasteiger charge is -2.39. The van der Waals surface area contributed by atoms with Gasteiger partial charge >= 0.3 is 6.01 Å². The van der Waals surface area contributed by atoms with Gasteiger partial charge in [-0.1, -0.05) is 12.0 Å². The highest BCUT2D eigenvalue weighted by Crippen LogP contribution is 2.48. The standard InChI is InChI=1S/C37H36F3N5O2/c1-2-23-27(39)9-7-19-13-22(46)15-26(30(19)23)34-32(40)35-31-29(42-34)6-3-5-24-25(14-21-8-10-28(24)41-21)33(31)43-36(44-35)47-18-37-11-4-12-45(37)17-20(38)16-37/h1,7,9,13,15,20-21,24-25,28,41,46H,3-6,8,10-12,14,16-18H2/t20-,21-,24+,25?,28+,37+/m1/s1. The van der Waals surface area contributed by atoms with Crippen LogP contribution in [0.4, 0.5) is 13.2 Å². The summed E-state index contributed by atoms with van der Waals surface area (Å²) in [5.41, 5.74) is 1.26. The molecule has 2 aromatic carbocycles. The summed E-state index contributed by atoms with van der Waals surface area (Å²) in [6, 6.07) is 6.46. The van der Waals surface area contributed by atoms with Crippen molar-refractivity contribution in [3.63, 3.8) is 0 Å². The molecule has 2 bridgehead atoms. The van der Waals surface area contributed by atoms with Crippen molar-refractivity contribution in [2.24, 2.45) is 5.92 Å². The van der Waals surface area contributed by atoms with Crippen LogP contribution in [0.2, 0.25) is 0 Å². The minimum absolute atomic E-state index is 0.0232. The van der Waals surface area contributed by atoms with Gasteiger partial charge in [-0.15, -0.1) is 6.42 Å². The lowest BCUT2D eigenvalue weighted by atomic mass is 9.74. The highest BCUT2D eigenvalue weighted by atomic mass is 19.1. The first-order chi connectivity index (χ1) is 22.8. The average molecular weight is 640 g/mol. The first-order valence-corrected chi connectivity index (χ1v) is 16.9. The molecule has 5 aliphatic rings. The van der Waals surface area contributed by atoms with Crippen molar-refractivity contribution in [3.05, 3.63) is 52.9 Å². The first-order valence-electron chi connectivity index (χ1n) is 16.9. The van der Waals surface area contributed by atoms with Gasteiger partial charge in [-0.3, -0.25) is 4.90 Å². The number of hydrogen-bond donors (Lipinski definition) is 2. The van der Waals surface area contributed by atoms with Crippen LogP contribution in [-0.4, -0.2) is 68.4 Å². The molecule has 9 rings (SSSR count). The third-order valence-electron chi connectivity index (χ3n) is 11.7. The summed E-state index contributed by atoms with van der Waals surface area (Å²) < 4.78 is 53.1. The van der Waals surface area contributed by atoms with Gasteiger partial charge in [0, 0.05) is 47.3 Å². The number of nitrogens with zero attached hydrogens (tertiary/aromatic N) is 4. The number of alkyl halides is 1. The number of terminal acetylenes is 1. The molecule has 0 radical (unpaired) electrons. The van der Waals surface area contributed by atoms with Crippen LogP contribution in [0.1, 0.15) is 74.2 Å². The number of pyridine rings is 1. The van der Waals surface area contributed by atoms with E-state index < -0.39 is 23.3 Å². The lowest BCUT2D eigenvalue weighted by Crippen LogP contribution is -2.45. The Balaban J connectivity index is 1.26. The van der Waals surface area contributed by atoms with Gasteiger partial charge in [0.1, 0.15) is 35.6 Å². The minimum atomic E-state index is -0.903. The molecule has 4 aromatic rings. The number of ether oxygens (including phenoxy) is 1. The Bertz CT molecular complexity index is 2000. The molecule has 0 amide bonds. The molecule has 47 heavy (non-hydrogen) atoms. The van der Waals surface area contributed by atoms with E-state index in [1.54, 1.807) is 0 Å². The number of aromatic nitrogens is 3. The predicted molar refractivity (Wildman–Crippen MR) is 172 cm³/mol. The molecular weight excluding hydrogens is 603 g/mol. The maximum Gasteiger partial charge on any atom is 0.317 e. The van der Waals surface area contributed by atoms with E-state index in [0.717, 1.165) is 57.2 Å². The number of phenolic OH excluding ortho intramolecular Hbond substituents is 1. The summed E-state index contributed by atoms with van der Waals surface area (Å²) in [5.74, 6) is 1.42. The topological polar surface area (TPSA) is 83.4 Å². The number of aryl methyl sites for hydroxylation is 1. The summed E-state index contributed by atoms with van der Waals surface area (Å²) >= 11 is 0. The Morgan fingerprint density at radius 1 is 1.11 bits per heavy atom. The van der Waals surface area contributed by atoms with Crippen molar-refractivity contribution in [3.8, 4) is 35.4 Å². The number of piperidine rings is 1. The number of hydrogen-bond acceptors (Lipinski definition) is 7. The Morgan fingerprint density at radius 3 is 2.87 bits per heavy atom. The van der Waals surface area contributed by atoms with E-state index in [4.69, 9.17) is 26.1 Å². The molecular formula is C37H36F3N5O2. The Labute approximate surface area is 270 Å². The molecule has 7 nitrogen and oxygen atoms in total. The van der Waals surface area contributed by atoms with Gasteiger partial charge in [0.15, 0.2) is 5.82 Å². The van der Waals surface area contributed by atoms with E-state index in [1.165, 1.54) is 24.3 Å². The monoisotopic (exact) mass is 639 g/mol. The molecule has 4 fully saturated rings. The van der Waals surface area contributed by atoms with Crippen molar-refractivity contribution in [2.45, 2.75) is 87.5 Å². The van der Waals surface area contributed by atoms with Crippen LogP contribution in [-0.2, 0) is 6.42 Å². The quantitative estimate of drug-likeness (QED) is 0.253. The summed E-state index contributed by atoms with van der Waals surface area (Å²) in [4.78, 5) is 16.9. The first kappa shape index (κ1) is 29.2. The van der Waals surface area contributed by atoms with Crippen molar-refractivity contribution in [1.82, 2.24) is 25.2 Å². The van der Waals surface area contributed by atoms with Gasteiger partial charge in [-0.05, 0) is 87.4 Å². The van der Waals surface area contributed by atoms with Gasteiger partial charge in [-0.25, -0.2) is 18.2 Å². The molecule has 4 aliphatic heterocycles. The van der Waals surface area contributed by atoms with Crippen molar-refractivity contribution < 1.29 is 23.0 Å². The summed E-state index contributed by atoms with van der Waals surface area (Å²) in [7, 11) is 0. The summed E-state index contributed by atoms with van der Waals surface area (Å²) in [6.07, 6.45) is 12.6. The van der Waals surface area contributed by atoms with Crippen LogP contribution in [0, 0.1) is 29.9 Å². The molecule has 6 heterocycles. The molecule has 1 aliphatic carbocycles. The Morgan fingerprint density at radius 2 is 2.00 bits per heavy atom.